The normalized spacial score (nSPS) is 26.6. The molecule has 0 amide bonds. The average Bonchev–Trinajstić information content (AvgIpc) is 2.37. The van der Waals surface area contributed by atoms with Crippen LogP contribution in [0.25, 0.3) is 0 Å². The van der Waals surface area contributed by atoms with Gasteiger partial charge in [-0.15, -0.1) is 0 Å². The van der Waals surface area contributed by atoms with Crippen LogP contribution < -0.4 is 5.73 Å². The Kier molecular flexibility index (Phi) is 3.64. The fourth-order valence-corrected chi connectivity index (χ4v) is 2.69. The summed E-state index contributed by atoms with van der Waals surface area (Å²) in [6, 6.07) is 8.62. The zero-order valence-electron chi connectivity index (χ0n) is 10.7. The molecule has 0 bridgehead atoms. The molecule has 1 saturated heterocycles. The van der Waals surface area contributed by atoms with Crippen molar-refractivity contribution in [1.29, 1.82) is 0 Å². The van der Waals surface area contributed by atoms with Crippen molar-refractivity contribution in [2.75, 3.05) is 19.8 Å². The van der Waals surface area contributed by atoms with Crippen molar-refractivity contribution in [3.8, 4) is 0 Å². The second-order valence-electron chi connectivity index (χ2n) is 5.31. The summed E-state index contributed by atoms with van der Waals surface area (Å²) in [7, 11) is 0. The summed E-state index contributed by atoms with van der Waals surface area (Å²) in [4.78, 5) is 0. The van der Waals surface area contributed by atoms with E-state index in [0.717, 1.165) is 5.92 Å². The van der Waals surface area contributed by atoms with Gasteiger partial charge >= 0.3 is 0 Å². The predicted molar refractivity (Wildman–Crippen MR) is 70.5 cm³/mol. The molecule has 0 radical (unpaired) electrons. The van der Waals surface area contributed by atoms with Crippen LogP contribution in [0.5, 0.6) is 0 Å². The summed E-state index contributed by atoms with van der Waals surface area (Å²) in [6.45, 7) is 1.95. The lowest BCUT2D eigenvalue weighted by Gasteiger charge is -2.30. The molecule has 1 heterocycles. The highest BCUT2D eigenvalue weighted by Gasteiger charge is 2.25. The maximum atomic E-state index is 6.29. The highest BCUT2D eigenvalue weighted by Crippen LogP contribution is 2.37. The molecule has 0 spiro atoms. The van der Waals surface area contributed by atoms with Crippen molar-refractivity contribution in [2.45, 2.75) is 37.3 Å². The van der Waals surface area contributed by atoms with Crippen LogP contribution in [0, 0.1) is 0 Å². The Morgan fingerprint density at radius 1 is 1.22 bits per heavy atom. The molecule has 2 aliphatic rings. The molecule has 2 atom stereocenters. The van der Waals surface area contributed by atoms with Gasteiger partial charge in [-0.3, -0.25) is 0 Å². The van der Waals surface area contributed by atoms with Crippen LogP contribution in [-0.2, 0) is 9.47 Å². The number of benzene rings is 1. The van der Waals surface area contributed by atoms with E-state index in [4.69, 9.17) is 15.2 Å². The molecule has 3 rings (SSSR count). The molecule has 1 saturated carbocycles. The standard InChI is InChI=1S/C15H21NO2/c16-15(14-10-17-7-8-18-14)13-6-2-5-12(9-13)11-3-1-4-11/h2,5-6,9,11,14-15H,1,3-4,7-8,10,16H2. The molecule has 3 heteroatoms. The van der Waals surface area contributed by atoms with Crippen molar-refractivity contribution < 1.29 is 9.47 Å². The molecule has 1 aromatic rings. The predicted octanol–water partition coefficient (Wildman–Crippen LogP) is 2.37. The van der Waals surface area contributed by atoms with Crippen LogP contribution in [0.1, 0.15) is 42.3 Å². The molecule has 3 nitrogen and oxygen atoms in total. The van der Waals surface area contributed by atoms with Gasteiger partial charge in [-0.25, -0.2) is 0 Å². The smallest absolute Gasteiger partial charge is 0.100 e. The van der Waals surface area contributed by atoms with E-state index in [0.29, 0.717) is 19.8 Å². The van der Waals surface area contributed by atoms with Gasteiger partial charge in [-0.05, 0) is 29.9 Å². The van der Waals surface area contributed by atoms with Gasteiger partial charge in [0.25, 0.3) is 0 Å². The van der Waals surface area contributed by atoms with Crippen LogP contribution in [0.15, 0.2) is 24.3 Å². The van der Waals surface area contributed by atoms with Crippen molar-refractivity contribution in [3.63, 3.8) is 0 Å². The van der Waals surface area contributed by atoms with Crippen LogP contribution in [0.2, 0.25) is 0 Å². The van der Waals surface area contributed by atoms with E-state index in [2.05, 4.69) is 24.3 Å². The Morgan fingerprint density at radius 3 is 2.78 bits per heavy atom. The van der Waals surface area contributed by atoms with E-state index in [1.165, 1.54) is 30.4 Å². The van der Waals surface area contributed by atoms with Crippen LogP contribution in [-0.4, -0.2) is 25.9 Å². The maximum Gasteiger partial charge on any atom is 0.100 e. The van der Waals surface area contributed by atoms with Crippen molar-refractivity contribution in [1.82, 2.24) is 0 Å². The van der Waals surface area contributed by atoms with E-state index >= 15 is 0 Å². The third-order valence-electron chi connectivity index (χ3n) is 4.11. The highest BCUT2D eigenvalue weighted by molar-refractivity contribution is 5.30. The molecule has 2 N–H and O–H groups in total. The lowest BCUT2D eigenvalue weighted by Crippen LogP contribution is -2.37. The molecule has 1 aliphatic heterocycles. The lowest BCUT2D eigenvalue weighted by molar-refractivity contribution is -0.0975. The molecule has 2 fully saturated rings. The summed E-state index contributed by atoms with van der Waals surface area (Å²) < 4.78 is 11.1. The molecular weight excluding hydrogens is 226 g/mol. The SMILES string of the molecule is NC(c1cccc(C2CCC2)c1)C1COCCO1. The van der Waals surface area contributed by atoms with E-state index < -0.39 is 0 Å². The van der Waals surface area contributed by atoms with E-state index in [-0.39, 0.29) is 12.1 Å². The summed E-state index contributed by atoms with van der Waals surface area (Å²) in [5.74, 6) is 0.751. The van der Waals surface area contributed by atoms with Crippen LogP contribution in [0.3, 0.4) is 0 Å². The van der Waals surface area contributed by atoms with Crippen molar-refractivity contribution >= 4 is 0 Å². The summed E-state index contributed by atoms with van der Waals surface area (Å²) >= 11 is 0. The van der Waals surface area contributed by atoms with Gasteiger partial charge in [0.1, 0.15) is 6.10 Å². The number of nitrogens with two attached hydrogens (primary N) is 1. The fourth-order valence-electron chi connectivity index (χ4n) is 2.69. The number of hydrogen-bond donors (Lipinski definition) is 1. The molecular formula is C15H21NO2. The summed E-state index contributed by atoms with van der Waals surface area (Å²) in [5, 5.41) is 0. The molecule has 1 aromatic carbocycles. The molecule has 98 valence electrons. The Labute approximate surface area is 108 Å². The van der Waals surface area contributed by atoms with Gasteiger partial charge < -0.3 is 15.2 Å². The summed E-state index contributed by atoms with van der Waals surface area (Å²) in [6.07, 6.45) is 4.00. The number of hydrogen-bond acceptors (Lipinski definition) is 3. The Hall–Kier alpha value is -0.900. The number of ether oxygens (including phenoxy) is 2. The molecule has 2 unspecified atom stereocenters. The third kappa shape index (κ3) is 2.44. The van der Waals surface area contributed by atoms with E-state index in [9.17, 15) is 0 Å². The first-order valence-electron chi connectivity index (χ1n) is 6.89. The van der Waals surface area contributed by atoms with E-state index in [1.807, 2.05) is 0 Å². The first-order valence-corrected chi connectivity index (χ1v) is 6.89. The highest BCUT2D eigenvalue weighted by atomic mass is 16.6. The van der Waals surface area contributed by atoms with Crippen LogP contribution >= 0.6 is 0 Å². The second kappa shape index (κ2) is 5.39. The fraction of sp³-hybridized carbons (Fsp3) is 0.600. The minimum absolute atomic E-state index is 0.00427. The largest absolute Gasteiger partial charge is 0.376 e. The van der Waals surface area contributed by atoms with Gasteiger partial charge in [0.2, 0.25) is 0 Å². The topological polar surface area (TPSA) is 44.5 Å². The maximum absolute atomic E-state index is 6.29. The quantitative estimate of drug-likeness (QED) is 0.892. The van der Waals surface area contributed by atoms with Gasteiger partial charge in [0.05, 0.1) is 25.9 Å². The third-order valence-corrected chi connectivity index (χ3v) is 4.11. The monoisotopic (exact) mass is 247 g/mol. The minimum atomic E-state index is -0.0784. The molecule has 0 aromatic heterocycles. The van der Waals surface area contributed by atoms with Gasteiger partial charge in [0.15, 0.2) is 0 Å². The first kappa shape index (κ1) is 12.2. The Balaban J connectivity index is 1.73. The van der Waals surface area contributed by atoms with Gasteiger partial charge in [-0.1, -0.05) is 30.7 Å². The van der Waals surface area contributed by atoms with Crippen molar-refractivity contribution in [2.24, 2.45) is 5.73 Å². The van der Waals surface area contributed by atoms with E-state index in [1.54, 1.807) is 0 Å². The van der Waals surface area contributed by atoms with Gasteiger partial charge in [-0.2, -0.15) is 0 Å². The summed E-state index contributed by atoms with van der Waals surface area (Å²) in [5.41, 5.74) is 8.91. The van der Waals surface area contributed by atoms with Crippen molar-refractivity contribution in [3.05, 3.63) is 35.4 Å². The average molecular weight is 247 g/mol. The van der Waals surface area contributed by atoms with Gasteiger partial charge in [0, 0.05) is 0 Å². The molecule has 1 aliphatic carbocycles. The Morgan fingerprint density at radius 2 is 2.11 bits per heavy atom. The zero-order valence-corrected chi connectivity index (χ0v) is 10.7. The number of rotatable bonds is 3. The van der Waals surface area contributed by atoms with Crippen LogP contribution in [0.4, 0.5) is 0 Å². The molecule has 18 heavy (non-hydrogen) atoms. The zero-order chi connectivity index (χ0) is 12.4. The lowest BCUT2D eigenvalue weighted by atomic mass is 9.79. The second-order valence-corrected chi connectivity index (χ2v) is 5.31. The minimum Gasteiger partial charge on any atom is -0.376 e. The Bertz CT molecular complexity index is 397. The first-order chi connectivity index (χ1) is 8.84.